The van der Waals surface area contributed by atoms with Gasteiger partial charge in [0.05, 0.1) is 25.7 Å². The molecule has 0 aliphatic carbocycles. The van der Waals surface area contributed by atoms with E-state index in [1.165, 1.54) is 11.3 Å². The Balaban J connectivity index is 2.12. The van der Waals surface area contributed by atoms with E-state index in [0.717, 1.165) is 20.4 Å². The molecule has 0 spiro atoms. The van der Waals surface area contributed by atoms with Crippen molar-refractivity contribution < 1.29 is 9.53 Å². The van der Waals surface area contributed by atoms with Gasteiger partial charge in [-0.2, -0.15) is 0 Å². The summed E-state index contributed by atoms with van der Waals surface area (Å²) in [7, 11) is 0. The van der Waals surface area contributed by atoms with Gasteiger partial charge >= 0.3 is 0 Å². The maximum Gasteiger partial charge on any atom is 0.205 e. The molecular formula is C16H14BrNO2S. The number of hydrogen-bond donors (Lipinski definition) is 1. The number of fused-ring (bicyclic) bond motifs is 1. The minimum atomic E-state index is 0.0109. The molecule has 0 bridgehead atoms. The molecule has 1 aromatic carbocycles. The molecule has 5 heteroatoms. The Morgan fingerprint density at radius 3 is 2.76 bits per heavy atom. The van der Waals surface area contributed by atoms with Crippen molar-refractivity contribution in [2.24, 2.45) is 0 Å². The number of ketones is 1. The van der Waals surface area contributed by atoms with Crippen molar-refractivity contribution in [3.8, 4) is 5.75 Å². The third-order valence-corrected chi connectivity index (χ3v) is 4.69. The number of ether oxygens (including phenoxy) is 1. The molecule has 0 fully saturated rings. The number of carbonyl (C=O) groups is 1. The van der Waals surface area contributed by atoms with Gasteiger partial charge in [0.1, 0.15) is 5.75 Å². The molecule has 0 unspecified atom stereocenters. The Morgan fingerprint density at radius 2 is 2.10 bits per heavy atom. The van der Waals surface area contributed by atoms with Crippen molar-refractivity contribution in [2.75, 3.05) is 0 Å². The molecule has 2 aromatic heterocycles. The zero-order valence-corrected chi connectivity index (χ0v) is 14.0. The van der Waals surface area contributed by atoms with Crippen LogP contribution in [0.1, 0.15) is 29.1 Å². The summed E-state index contributed by atoms with van der Waals surface area (Å²) < 4.78 is 6.79. The lowest BCUT2D eigenvalue weighted by atomic mass is 10.1. The van der Waals surface area contributed by atoms with E-state index in [2.05, 4.69) is 20.9 Å². The summed E-state index contributed by atoms with van der Waals surface area (Å²) in [5, 5.41) is 0.848. The van der Waals surface area contributed by atoms with Crippen LogP contribution < -0.4 is 4.74 Å². The molecule has 2 heterocycles. The van der Waals surface area contributed by atoms with Crippen molar-refractivity contribution >= 4 is 44.0 Å². The molecule has 0 amide bonds. The number of hydrogen-bond acceptors (Lipinski definition) is 3. The largest absolute Gasteiger partial charge is 0.490 e. The number of H-pyrrole nitrogens is 1. The van der Waals surface area contributed by atoms with Crippen LogP contribution in [0, 0.1) is 0 Å². The van der Waals surface area contributed by atoms with E-state index < -0.39 is 0 Å². The van der Waals surface area contributed by atoms with Gasteiger partial charge in [0.25, 0.3) is 0 Å². The van der Waals surface area contributed by atoms with Gasteiger partial charge in [-0.25, -0.2) is 0 Å². The van der Waals surface area contributed by atoms with E-state index in [9.17, 15) is 4.79 Å². The summed E-state index contributed by atoms with van der Waals surface area (Å²) in [6, 6.07) is 9.49. The van der Waals surface area contributed by atoms with Gasteiger partial charge in [-0.3, -0.25) is 4.79 Å². The van der Waals surface area contributed by atoms with Crippen LogP contribution in [0.15, 0.2) is 40.3 Å². The average Bonchev–Trinajstić information content (AvgIpc) is 3.04. The lowest BCUT2D eigenvalue weighted by Crippen LogP contribution is -2.06. The van der Waals surface area contributed by atoms with Crippen LogP contribution >= 0.6 is 27.3 Å². The number of thiophene rings is 1. The van der Waals surface area contributed by atoms with Gasteiger partial charge in [-0.15, -0.1) is 11.3 Å². The molecule has 3 rings (SSSR count). The highest BCUT2D eigenvalue weighted by molar-refractivity contribution is 9.11. The molecule has 0 aliphatic rings. The SMILES string of the molecule is CC(C)Oc1cccc2[nH]cc(C(=O)c3ccc(Br)s3)c12. The first-order valence-electron chi connectivity index (χ1n) is 6.63. The van der Waals surface area contributed by atoms with E-state index in [0.29, 0.717) is 10.4 Å². The first-order chi connectivity index (χ1) is 10.1. The summed E-state index contributed by atoms with van der Waals surface area (Å²) >= 11 is 4.83. The molecular weight excluding hydrogens is 350 g/mol. The van der Waals surface area contributed by atoms with Crippen LogP contribution in [0.4, 0.5) is 0 Å². The minimum absolute atomic E-state index is 0.0109. The summed E-state index contributed by atoms with van der Waals surface area (Å²) in [5.41, 5.74) is 1.56. The van der Waals surface area contributed by atoms with Crippen LogP contribution in [0.5, 0.6) is 5.75 Å². The highest BCUT2D eigenvalue weighted by Gasteiger charge is 2.19. The van der Waals surface area contributed by atoms with Crippen molar-refractivity contribution in [1.82, 2.24) is 4.98 Å². The quantitative estimate of drug-likeness (QED) is 0.662. The Labute approximate surface area is 135 Å². The van der Waals surface area contributed by atoms with Crippen LogP contribution in [-0.2, 0) is 0 Å². The Kier molecular flexibility index (Phi) is 3.87. The molecule has 3 aromatic rings. The third-order valence-electron chi connectivity index (χ3n) is 3.07. The second-order valence-electron chi connectivity index (χ2n) is 4.98. The van der Waals surface area contributed by atoms with E-state index in [-0.39, 0.29) is 11.9 Å². The molecule has 21 heavy (non-hydrogen) atoms. The summed E-state index contributed by atoms with van der Waals surface area (Å²) in [6.45, 7) is 3.95. The summed E-state index contributed by atoms with van der Waals surface area (Å²) in [5.74, 6) is 0.750. The number of aromatic amines is 1. The van der Waals surface area contributed by atoms with Gasteiger partial charge in [-0.05, 0) is 54.0 Å². The van der Waals surface area contributed by atoms with Gasteiger partial charge in [0.15, 0.2) is 0 Å². The highest BCUT2D eigenvalue weighted by Crippen LogP contribution is 2.32. The van der Waals surface area contributed by atoms with Gasteiger partial charge < -0.3 is 9.72 Å². The fraction of sp³-hybridized carbons (Fsp3) is 0.188. The monoisotopic (exact) mass is 363 g/mol. The van der Waals surface area contributed by atoms with E-state index in [4.69, 9.17) is 4.74 Å². The second-order valence-corrected chi connectivity index (χ2v) is 7.44. The third kappa shape index (κ3) is 2.76. The maximum absolute atomic E-state index is 12.7. The van der Waals surface area contributed by atoms with Gasteiger partial charge in [0, 0.05) is 11.7 Å². The first kappa shape index (κ1) is 14.4. The van der Waals surface area contributed by atoms with Crippen molar-refractivity contribution in [2.45, 2.75) is 20.0 Å². The number of aromatic nitrogens is 1. The molecule has 3 nitrogen and oxygen atoms in total. The van der Waals surface area contributed by atoms with Crippen molar-refractivity contribution in [3.05, 3.63) is 50.8 Å². The average molecular weight is 364 g/mol. The molecule has 0 radical (unpaired) electrons. The second kappa shape index (κ2) is 5.66. The van der Waals surface area contributed by atoms with Crippen LogP contribution in [-0.4, -0.2) is 16.9 Å². The van der Waals surface area contributed by atoms with Crippen molar-refractivity contribution in [3.63, 3.8) is 0 Å². The van der Waals surface area contributed by atoms with E-state index in [1.807, 2.05) is 44.2 Å². The standard InChI is InChI=1S/C16H14BrNO2S/c1-9(2)20-12-5-3-4-11-15(12)10(8-18-11)16(19)13-6-7-14(17)21-13/h3-9,18H,1-2H3. The van der Waals surface area contributed by atoms with E-state index in [1.54, 1.807) is 6.20 Å². The predicted molar refractivity (Wildman–Crippen MR) is 89.5 cm³/mol. The molecule has 1 N–H and O–H groups in total. The predicted octanol–water partition coefficient (Wildman–Crippen LogP) is 5.01. The number of benzene rings is 1. The van der Waals surface area contributed by atoms with E-state index >= 15 is 0 Å². The first-order valence-corrected chi connectivity index (χ1v) is 8.24. The Bertz CT molecular complexity index is 804. The number of nitrogens with one attached hydrogen (secondary N) is 1. The summed E-state index contributed by atoms with van der Waals surface area (Å²) in [4.78, 5) is 16.5. The Morgan fingerprint density at radius 1 is 1.29 bits per heavy atom. The highest BCUT2D eigenvalue weighted by atomic mass is 79.9. The zero-order chi connectivity index (χ0) is 15.0. The van der Waals surface area contributed by atoms with Gasteiger partial charge in [0.2, 0.25) is 5.78 Å². The minimum Gasteiger partial charge on any atom is -0.490 e. The van der Waals surface area contributed by atoms with Gasteiger partial charge in [-0.1, -0.05) is 6.07 Å². The fourth-order valence-corrected chi connectivity index (χ4v) is 3.59. The smallest absolute Gasteiger partial charge is 0.205 e. The van der Waals surface area contributed by atoms with Crippen LogP contribution in [0.25, 0.3) is 10.9 Å². The Hall–Kier alpha value is -1.59. The normalized spacial score (nSPS) is 11.2. The molecule has 0 saturated carbocycles. The number of halogens is 1. The van der Waals surface area contributed by atoms with Crippen LogP contribution in [0.3, 0.4) is 0 Å². The molecule has 0 saturated heterocycles. The fourth-order valence-electron chi connectivity index (χ4n) is 2.25. The lowest BCUT2D eigenvalue weighted by molar-refractivity contribution is 0.104. The molecule has 0 atom stereocenters. The number of rotatable bonds is 4. The topological polar surface area (TPSA) is 42.1 Å². The van der Waals surface area contributed by atoms with Crippen LogP contribution in [0.2, 0.25) is 0 Å². The lowest BCUT2D eigenvalue weighted by Gasteiger charge is -2.11. The maximum atomic E-state index is 12.7. The summed E-state index contributed by atoms with van der Waals surface area (Å²) in [6.07, 6.45) is 1.82. The number of carbonyl (C=O) groups excluding carboxylic acids is 1. The van der Waals surface area contributed by atoms with Crippen molar-refractivity contribution in [1.29, 1.82) is 0 Å². The molecule has 0 aliphatic heterocycles. The zero-order valence-electron chi connectivity index (χ0n) is 11.6. The molecule has 108 valence electrons.